The van der Waals surface area contributed by atoms with E-state index in [0.29, 0.717) is 5.92 Å². The molecule has 0 bridgehead atoms. The standard InChI is InChI=1S/C21H22N2.ClH/c1-16-13-22-14-19-12-20(18-10-6-3-7-11-18)23(21(16)19)15-17-8-4-2-5-9-17;/h2-12,16,22H,13-15H2,1H3;1H. The van der Waals surface area contributed by atoms with Gasteiger partial charge in [-0.2, -0.15) is 0 Å². The van der Waals surface area contributed by atoms with Crippen molar-refractivity contribution in [2.75, 3.05) is 6.54 Å². The van der Waals surface area contributed by atoms with Crippen molar-refractivity contribution < 1.29 is 0 Å². The number of nitrogens with zero attached hydrogens (tertiary/aromatic N) is 1. The van der Waals surface area contributed by atoms with Gasteiger partial charge < -0.3 is 9.88 Å². The molecular formula is C21H23ClN2. The summed E-state index contributed by atoms with van der Waals surface area (Å²) in [5.74, 6) is 0.542. The molecule has 0 spiro atoms. The fourth-order valence-corrected chi connectivity index (χ4v) is 3.65. The van der Waals surface area contributed by atoms with Gasteiger partial charge in [0.15, 0.2) is 0 Å². The average molecular weight is 339 g/mol. The minimum Gasteiger partial charge on any atom is -0.340 e. The summed E-state index contributed by atoms with van der Waals surface area (Å²) >= 11 is 0. The quantitative estimate of drug-likeness (QED) is 0.723. The van der Waals surface area contributed by atoms with E-state index in [4.69, 9.17) is 0 Å². The van der Waals surface area contributed by atoms with Crippen molar-refractivity contribution in [1.82, 2.24) is 9.88 Å². The molecule has 1 unspecified atom stereocenters. The monoisotopic (exact) mass is 338 g/mol. The lowest BCUT2D eigenvalue weighted by Gasteiger charge is -2.24. The zero-order chi connectivity index (χ0) is 15.6. The Morgan fingerprint density at radius 1 is 1.00 bits per heavy atom. The third kappa shape index (κ3) is 3.12. The van der Waals surface area contributed by atoms with Crippen molar-refractivity contribution >= 4 is 12.4 Å². The number of nitrogens with one attached hydrogen (secondary N) is 1. The fourth-order valence-electron chi connectivity index (χ4n) is 3.65. The minimum absolute atomic E-state index is 0. The van der Waals surface area contributed by atoms with Crippen LogP contribution >= 0.6 is 12.4 Å². The summed E-state index contributed by atoms with van der Waals surface area (Å²) in [6, 6.07) is 23.9. The second-order valence-electron chi connectivity index (χ2n) is 6.41. The van der Waals surface area contributed by atoms with Crippen molar-refractivity contribution in [2.24, 2.45) is 0 Å². The van der Waals surface area contributed by atoms with E-state index in [2.05, 4.69) is 83.5 Å². The molecule has 0 aliphatic carbocycles. The SMILES string of the molecule is CC1CNCc2cc(-c3ccccc3)n(Cc3ccccc3)c21.Cl. The molecule has 124 valence electrons. The predicted molar refractivity (Wildman–Crippen MR) is 103 cm³/mol. The lowest BCUT2D eigenvalue weighted by Crippen LogP contribution is -2.28. The molecule has 1 aromatic heterocycles. The van der Waals surface area contributed by atoms with E-state index in [1.807, 2.05) is 0 Å². The maximum Gasteiger partial charge on any atom is 0.0489 e. The molecule has 24 heavy (non-hydrogen) atoms. The maximum absolute atomic E-state index is 3.53. The van der Waals surface area contributed by atoms with Crippen LogP contribution in [0.25, 0.3) is 11.3 Å². The molecule has 2 aromatic carbocycles. The van der Waals surface area contributed by atoms with Crippen molar-refractivity contribution in [3.05, 3.63) is 83.6 Å². The van der Waals surface area contributed by atoms with Crippen LogP contribution in [0.3, 0.4) is 0 Å². The first-order chi connectivity index (χ1) is 11.3. The first kappa shape index (κ1) is 16.8. The maximum atomic E-state index is 3.53. The number of halogens is 1. The second-order valence-corrected chi connectivity index (χ2v) is 6.41. The highest BCUT2D eigenvalue weighted by atomic mass is 35.5. The highest BCUT2D eigenvalue weighted by Gasteiger charge is 2.23. The highest BCUT2D eigenvalue weighted by Crippen LogP contribution is 2.33. The molecule has 1 atom stereocenters. The molecule has 2 heterocycles. The summed E-state index contributed by atoms with van der Waals surface area (Å²) in [6.07, 6.45) is 0. The lowest BCUT2D eigenvalue weighted by atomic mass is 10.00. The van der Waals surface area contributed by atoms with Crippen LogP contribution in [0, 0.1) is 0 Å². The van der Waals surface area contributed by atoms with Crippen LogP contribution in [0.15, 0.2) is 66.7 Å². The molecule has 1 N–H and O–H groups in total. The normalized spacial score (nSPS) is 16.3. The molecule has 4 rings (SSSR count). The number of hydrogen-bond acceptors (Lipinski definition) is 1. The van der Waals surface area contributed by atoms with E-state index >= 15 is 0 Å². The van der Waals surface area contributed by atoms with Gasteiger partial charge in [-0.25, -0.2) is 0 Å². The summed E-state index contributed by atoms with van der Waals surface area (Å²) in [7, 11) is 0. The van der Waals surface area contributed by atoms with Crippen LogP contribution in [0.2, 0.25) is 0 Å². The Balaban J connectivity index is 0.00000169. The van der Waals surface area contributed by atoms with Gasteiger partial charge in [-0.05, 0) is 22.8 Å². The minimum atomic E-state index is 0. The Hall–Kier alpha value is -2.03. The Bertz CT molecular complexity index is 793. The molecule has 0 saturated heterocycles. The highest BCUT2D eigenvalue weighted by molar-refractivity contribution is 5.85. The van der Waals surface area contributed by atoms with Crippen molar-refractivity contribution in [1.29, 1.82) is 0 Å². The van der Waals surface area contributed by atoms with Crippen LogP contribution < -0.4 is 5.32 Å². The zero-order valence-electron chi connectivity index (χ0n) is 13.9. The number of hydrogen-bond donors (Lipinski definition) is 1. The molecule has 0 radical (unpaired) electrons. The van der Waals surface area contributed by atoms with Crippen LogP contribution in [0.4, 0.5) is 0 Å². The number of rotatable bonds is 3. The molecule has 2 nitrogen and oxygen atoms in total. The third-order valence-electron chi connectivity index (χ3n) is 4.71. The van der Waals surface area contributed by atoms with Gasteiger partial charge >= 0.3 is 0 Å². The summed E-state index contributed by atoms with van der Waals surface area (Å²) in [5.41, 5.74) is 6.92. The summed E-state index contributed by atoms with van der Waals surface area (Å²) < 4.78 is 2.52. The molecule has 0 amide bonds. The van der Waals surface area contributed by atoms with Gasteiger partial charge in [0.25, 0.3) is 0 Å². The number of aromatic nitrogens is 1. The van der Waals surface area contributed by atoms with Gasteiger partial charge in [0.05, 0.1) is 0 Å². The molecule has 1 aliphatic heterocycles. The van der Waals surface area contributed by atoms with E-state index in [0.717, 1.165) is 19.6 Å². The lowest BCUT2D eigenvalue weighted by molar-refractivity contribution is 0.537. The summed E-state index contributed by atoms with van der Waals surface area (Å²) in [4.78, 5) is 0. The molecule has 1 aliphatic rings. The third-order valence-corrected chi connectivity index (χ3v) is 4.71. The van der Waals surface area contributed by atoms with Gasteiger partial charge in [0.2, 0.25) is 0 Å². The molecule has 3 aromatic rings. The van der Waals surface area contributed by atoms with Crippen LogP contribution in [-0.2, 0) is 13.1 Å². The number of benzene rings is 2. The van der Waals surface area contributed by atoms with Gasteiger partial charge in [-0.3, -0.25) is 0 Å². The van der Waals surface area contributed by atoms with Crippen molar-refractivity contribution in [3.63, 3.8) is 0 Å². The van der Waals surface area contributed by atoms with Crippen LogP contribution in [0.1, 0.15) is 29.7 Å². The van der Waals surface area contributed by atoms with E-state index in [-0.39, 0.29) is 12.4 Å². The molecule has 0 fully saturated rings. The first-order valence-electron chi connectivity index (χ1n) is 8.35. The number of fused-ring (bicyclic) bond motifs is 1. The van der Waals surface area contributed by atoms with Gasteiger partial charge in [0.1, 0.15) is 0 Å². The molecule has 0 saturated carbocycles. The first-order valence-corrected chi connectivity index (χ1v) is 8.35. The summed E-state index contributed by atoms with van der Waals surface area (Å²) in [5, 5.41) is 3.53. The molecule has 3 heteroatoms. The van der Waals surface area contributed by atoms with E-state index in [9.17, 15) is 0 Å². The van der Waals surface area contributed by atoms with Gasteiger partial charge in [0, 0.05) is 36.9 Å². The largest absolute Gasteiger partial charge is 0.340 e. The Morgan fingerprint density at radius 2 is 1.67 bits per heavy atom. The predicted octanol–water partition coefficient (Wildman–Crippen LogP) is 4.83. The second kappa shape index (κ2) is 7.25. The Kier molecular flexibility index (Phi) is 5.08. The van der Waals surface area contributed by atoms with E-state index < -0.39 is 0 Å². The topological polar surface area (TPSA) is 17.0 Å². The van der Waals surface area contributed by atoms with E-state index in [1.54, 1.807) is 0 Å². The Morgan fingerprint density at radius 3 is 2.38 bits per heavy atom. The Labute approximate surface area is 149 Å². The average Bonchev–Trinajstić information content (AvgIpc) is 2.96. The van der Waals surface area contributed by atoms with Gasteiger partial charge in [-0.15, -0.1) is 12.4 Å². The zero-order valence-corrected chi connectivity index (χ0v) is 14.7. The van der Waals surface area contributed by atoms with E-state index in [1.165, 1.54) is 28.1 Å². The van der Waals surface area contributed by atoms with Gasteiger partial charge in [-0.1, -0.05) is 67.6 Å². The summed E-state index contributed by atoms with van der Waals surface area (Å²) in [6.45, 7) is 5.29. The van der Waals surface area contributed by atoms with Crippen LogP contribution in [0.5, 0.6) is 0 Å². The smallest absolute Gasteiger partial charge is 0.0489 e. The van der Waals surface area contributed by atoms with Crippen molar-refractivity contribution in [3.8, 4) is 11.3 Å². The molecular weight excluding hydrogens is 316 g/mol. The van der Waals surface area contributed by atoms with Crippen molar-refractivity contribution in [2.45, 2.75) is 25.9 Å². The fraction of sp³-hybridized carbons (Fsp3) is 0.238. The van der Waals surface area contributed by atoms with Crippen LogP contribution in [-0.4, -0.2) is 11.1 Å².